The van der Waals surface area contributed by atoms with E-state index in [1.807, 2.05) is 87.5 Å². The van der Waals surface area contributed by atoms with E-state index in [0.717, 1.165) is 38.2 Å². The molecular formula is C38H34BrN3O6S. The van der Waals surface area contributed by atoms with Crippen LogP contribution < -0.4 is 19.6 Å². The summed E-state index contributed by atoms with van der Waals surface area (Å²) in [6, 6.07) is 21.5. The van der Waals surface area contributed by atoms with E-state index in [9.17, 15) is 14.4 Å². The van der Waals surface area contributed by atoms with E-state index >= 15 is 0 Å². The molecule has 1 atom stereocenters. The molecule has 2 aromatic heterocycles. The van der Waals surface area contributed by atoms with Crippen LogP contribution in [-0.4, -0.2) is 41.9 Å². The Balaban J connectivity index is 1.61. The summed E-state index contributed by atoms with van der Waals surface area (Å²) in [7, 11) is 2.92. The first-order valence-electron chi connectivity index (χ1n) is 15.6. The Labute approximate surface area is 295 Å². The molecule has 250 valence electrons. The molecule has 5 aromatic rings. The maximum atomic E-state index is 14.5. The lowest BCUT2D eigenvalue weighted by molar-refractivity contribution is -0.138. The van der Waals surface area contributed by atoms with Gasteiger partial charge in [-0.25, -0.2) is 14.6 Å². The van der Waals surface area contributed by atoms with Crippen molar-refractivity contribution in [1.29, 1.82) is 0 Å². The zero-order chi connectivity index (χ0) is 35.0. The molecule has 9 nitrogen and oxygen atoms in total. The van der Waals surface area contributed by atoms with Gasteiger partial charge in [-0.3, -0.25) is 9.36 Å². The van der Waals surface area contributed by atoms with Crippen molar-refractivity contribution in [3.05, 3.63) is 142 Å². The van der Waals surface area contributed by atoms with Crippen molar-refractivity contribution in [3.63, 3.8) is 0 Å². The van der Waals surface area contributed by atoms with Gasteiger partial charge in [0, 0.05) is 32.7 Å². The molecule has 3 heterocycles. The number of esters is 2. The highest BCUT2D eigenvalue weighted by molar-refractivity contribution is 9.10. The number of thiazole rings is 1. The fraction of sp³-hybridized carbons (Fsp3) is 0.211. The highest BCUT2D eigenvalue weighted by Crippen LogP contribution is 2.40. The van der Waals surface area contributed by atoms with Gasteiger partial charge in [-0.2, -0.15) is 0 Å². The minimum absolute atomic E-state index is 0.148. The zero-order valence-electron chi connectivity index (χ0n) is 27.9. The third-order valence-corrected chi connectivity index (χ3v) is 10.0. The number of methoxy groups -OCH3 is 2. The number of hydrogen-bond donors (Lipinski definition) is 0. The Bertz CT molecular complexity index is 2330. The third-order valence-electron chi connectivity index (χ3n) is 8.57. The molecule has 0 spiro atoms. The van der Waals surface area contributed by atoms with Crippen LogP contribution in [0.1, 0.15) is 57.0 Å². The Morgan fingerprint density at radius 1 is 0.980 bits per heavy atom. The van der Waals surface area contributed by atoms with Crippen molar-refractivity contribution < 1.29 is 23.8 Å². The first kappa shape index (κ1) is 33.9. The lowest BCUT2D eigenvalue weighted by atomic mass is 9.92. The van der Waals surface area contributed by atoms with Gasteiger partial charge >= 0.3 is 11.9 Å². The van der Waals surface area contributed by atoms with Crippen molar-refractivity contribution in [2.24, 2.45) is 4.99 Å². The summed E-state index contributed by atoms with van der Waals surface area (Å²) in [5, 5.41) is 0. The molecular weight excluding hydrogens is 706 g/mol. The summed E-state index contributed by atoms with van der Waals surface area (Å²) >= 11 is 4.82. The van der Waals surface area contributed by atoms with Gasteiger partial charge in [0.1, 0.15) is 11.8 Å². The molecule has 0 unspecified atom stereocenters. The Morgan fingerprint density at radius 2 is 1.73 bits per heavy atom. The molecule has 1 aliphatic rings. The average Bonchev–Trinajstić information content (AvgIpc) is 3.56. The number of rotatable bonds is 8. The first-order chi connectivity index (χ1) is 23.6. The van der Waals surface area contributed by atoms with Gasteiger partial charge in [0.2, 0.25) is 0 Å². The number of hydrogen-bond acceptors (Lipinski definition) is 8. The molecule has 1 aliphatic heterocycles. The average molecular weight is 741 g/mol. The van der Waals surface area contributed by atoms with Gasteiger partial charge in [0.05, 0.1) is 42.2 Å². The maximum absolute atomic E-state index is 14.5. The topological polar surface area (TPSA) is 101 Å². The smallest absolute Gasteiger partial charge is 0.338 e. The number of nitrogens with zero attached hydrogens (tertiary/aromatic N) is 3. The molecule has 0 saturated heterocycles. The fourth-order valence-corrected chi connectivity index (χ4v) is 7.67. The molecule has 0 N–H and O–H groups in total. The quantitative estimate of drug-likeness (QED) is 0.176. The number of ether oxygens (including phenoxy) is 3. The van der Waals surface area contributed by atoms with Crippen molar-refractivity contribution in [2.75, 3.05) is 20.8 Å². The van der Waals surface area contributed by atoms with E-state index < -0.39 is 18.0 Å². The van der Waals surface area contributed by atoms with Crippen LogP contribution in [0.15, 0.2) is 92.6 Å². The summed E-state index contributed by atoms with van der Waals surface area (Å²) in [6.07, 6.45) is 1.85. The van der Waals surface area contributed by atoms with Gasteiger partial charge in [0.25, 0.3) is 5.56 Å². The van der Waals surface area contributed by atoms with Crippen molar-refractivity contribution in [3.8, 4) is 11.4 Å². The number of carbonyl (C=O) groups is 2. The highest BCUT2D eigenvalue weighted by Gasteiger charge is 2.37. The predicted octanol–water partition coefficient (Wildman–Crippen LogP) is 6.21. The van der Waals surface area contributed by atoms with Gasteiger partial charge in [-0.1, -0.05) is 63.7 Å². The molecule has 0 bridgehead atoms. The van der Waals surface area contributed by atoms with Crippen LogP contribution in [0.2, 0.25) is 0 Å². The number of fused-ring (bicyclic) bond motifs is 1. The second-order valence-corrected chi connectivity index (χ2v) is 13.3. The predicted molar refractivity (Wildman–Crippen MR) is 193 cm³/mol. The number of aryl methyl sites for hydroxylation is 1. The molecule has 11 heteroatoms. The van der Waals surface area contributed by atoms with Gasteiger partial charge in [-0.05, 0) is 81.3 Å². The van der Waals surface area contributed by atoms with Crippen molar-refractivity contribution in [2.45, 2.75) is 33.7 Å². The summed E-state index contributed by atoms with van der Waals surface area (Å²) in [4.78, 5) is 46.2. The van der Waals surface area contributed by atoms with Gasteiger partial charge < -0.3 is 18.8 Å². The van der Waals surface area contributed by atoms with E-state index in [1.165, 1.54) is 18.4 Å². The summed E-state index contributed by atoms with van der Waals surface area (Å²) in [5.41, 5.74) is 6.43. The number of benzene rings is 3. The monoisotopic (exact) mass is 739 g/mol. The lowest BCUT2D eigenvalue weighted by Gasteiger charge is -2.27. The van der Waals surface area contributed by atoms with Crippen LogP contribution in [0.4, 0.5) is 0 Å². The van der Waals surface area contributed by atoms with Crippen LogP contribution in [0, 0.1) is 20.8 Å². The van der Waals surface area contributed by atoms with Crippen molar-refractivity contribution >= 4 is 51.0 Å². The minimum Gasteiger partial charge on any atom is -0.496 e. The van der Waals surface area contributed by atoms with Crippen molar-refractivity contribution in [1.82, 2.24) is 9.13 Å². The molecule has 49 heavy (non-hydrogen) atoms. The van der Waals surface area contributed by atoms with Gasteiger partial charge in [0.15, 0.2) is 4.80 Å². The normalized spacial score (nSPS) is 14.3. The van der Waals surface area contributed by atoms with Crippen LogP contribution in [0.3, 0.4) is 0 Å². The second-order valence-electron chi connectivity index (χ2n) is 11.4. The third kappa shape index (κ3) is 6.08. The Kier molecular flexibility index (Phi) is 9.58. The zero-order valence-corrected chi connectivity index (χ0v) is 30.3. The van der Waals surface area contributed by atoms with E-state index in [1.54, 1.807) is 30.7 Å². The Morgan fingerprint density at radius 3 is 2.43 bits per heavy atom. The number of carbonyl (C=O) groups excluding carboxylic acids is 2. The van der Waals surface area contributed by atoms with E-state index in [0.29, 0.717) is 31.9 Å². The fourth-order valence-electron chi connectivity index (χ4n) is 6.30. The number of aromatic nitrogens is 2. The molecule has 0 amide bonds. The van der Waals surface area contributed by atoms with Crippen LogP contribution in [0.25, 0.3) is 17.5 Å². The van der Waals surface area contributed by atoms with E-state index in [4.69, 9.17) is 19.2 Å². The second kappa shape index (κ2) is 13.9. The molecule has 6 rings (SSSR count). The maximum Gasteiger partial charge on any atom is 0.338 e. The summed E-state index contributed by atoms with van der Waals surface area (Å²) in [6.45, 7) is 7.73. The minimum atomic E-state index is -0.892. The standard InChI is InChI=1S/C38H34BrN3O6S/c1-7-48-37(45)32-33(24-12-9-8-10-13-24)40-38-42(34(32)28-20-26(39)16-17-30(28)46-5)35(43)31(49-38)19-25-18-21(2)41(23(25)4)29-15-11-14-27(22(29)3)36(44)47-6/h8-20,34H,7H2,1-6H3/b31-19-/t34-/m1/s1. The molecule has 0 radical (unpaired) electrons. The first-order valence-corrected chi connectivity index (χ1v) is 17.2. The summed E-state index contributed by atoms with van der Waals surface area (Å²) < 4.78 is 21.2. The molecule has 0 fully saturated rings. The van der Waals surface area contributed by atoms with Crippen LogP contribution in [-0.2, 0) is 14.3 Å². The van der Waals surface area contributed by atoms with Gasteiger partial charge in [-0.15, -0.1) is 0 Å². The van der Waals surface area contributed by atoms with E-state index in [2.05, 4.69) is 20.5 Å². The van der Waals surface area contributed by atoms with Crippen LogP contribution >= 0.6 is 27.3 Å². The molecule has 0 saturated carbocycles. The largest absolute Gasteiger partial charge is 0.496 e. The molecule has 3 aromatic carbocycles. The number of halogens is 1. The summed E-state index contributed by atoms with van der Waals surface area (Å²) in [5.74, 6) is -0.469. The molecule has 0 aliphatic carbocycles. The lowest BCUT2D eigenvalue weighted by Crippen LogP contribution is -2.40. The SMILES string of the molecule is CCOC(=O)C1=C(c2ccccc2)N=c2s/c(=C\c3cc(C)n(-c4cccc(C(=O)OC)c4C)c3C)c(=O)n2[C@@H]1c1cc(Br)ccc1OC. The van der Waals surface area contributed by atoms with Crippen LogP contribution in [0.5, 0.6) is 5.75 Å². The highest BCUT2D eigenvalue weighted by atomic mass is 79.9. The Hall–Kier alpha value is -5.00. The van der Waals surface area contributed by atoms with E-state index in [-0.39, 0.29) is 17.7 Å².